The lowest BCUT2D eigenvalue weighted by molar-refractivity contribution is 0.363. The third kappa shape index (κ3) is 1.95. The number of halogens is 1. The van der Waals surface area contributed by atoms with E-state index in [1.807, 2.05) is 0 Å². The summed E-state index contributed by atoms with van der Waals surface area (Å²) in [7, 11) is 0. The molecule has 3 atom stereocenters. The summed E-state index contributed by atoms with van der Waals surface area (Å²) in [5.74, 6) is 1.01. The van der Waals surface area contributed by atoms with Crippen LogP contribution in [0.4, 0.5) is 0 Å². The van der Waals surface area contributed by atoms with E-state index in [1.54, 1.807) is 0 Å². The van der Waals surface area contributed by atoms with Crippen molar-refractivity contribution < 1.29 is 0 Å². The smallest absolute Gasteiger partial charge is 0.0266 e. The van der Waals surface area contributed by atoms with Crippen LogP contribution in [-0.4, -0.2) is 16.5 Å². The SMILES string of the molecule is IC1CCCCCC2CCNC12. The Balaban J connectivity index is 1.98. The van der Waals surface area contributed by atoms with Gasteiger partial charge in [-0.15, -0.1) is 0 Å². The highest BCUT2D eigenvalue weighted by atomic mass is 127. The Morgan fingerprint density at radius 2 is 1.83 bits per heavy atom. The molecule has 2 heteroatoms. The van der Waals surface area contributed by atoms with E-state index in [4.69, 9.17) is 0 Å². The number of nitrogens with one attached hydrogen (secondary N) is 1. The van der Waals surface area contributed by atoms with Crippen molar-refractivity contribution in [2.75, 3.05) is 6.54 Å². The molecule has 0 aromatic heterocycles. The van der Waals surface area contributed by atoms with Crippen molar-refractivity contribution in [3.05, 3.63) is 0 Å². The molecule has 12 heavy (non-hydrogen) atoms. The molecule has 1 aliphatic heterocycles. The molecule has 1 heterocycles. The van der Waals surface area contributed by atoms with Crippen molar-refractivity contribution in [3.63, 3.8) is 0 Å². The molecule has 2 fully saturated rings. The predicted octanol–water partition coefficient (Wildman–Crippen LogP) is 2.73. The topological polar surface area (TPSA) is 12.0 Å². The van der Waals surface area contributed by atoms with E-state index in [0.29, 0.717) is 0 Å². The van der Waals surface area contributed by atoms with Crippen LogP contribution >= 0.6 is 22.6 Å². The molecule has 0 spiro atoms. The Hall–Kier alpha value is 0.690. The Bertz CT molecular complexity index is 149. The molecule has 1 nitrogen and oxygen atoms in total. The summed E-state index contributed by atoms with van der Waals surface area (Å²) in [6.07, 6.45) is 8.77. The predicted molar refractivity (Wildman–Crippen MR) is 60.8 cm³/mol. The molecule has 0 aromatic rings. The highest BCUT2D eigenvalue weighted by molar-refractivity contribution is 14.1. The quantitative estimate of drug-likeness (QED) is 0.531. The first-order valence-corrected chi connectivity index (χ1v) is 6.50. The van der Waals surface area contributed by atoms with Crippen LogP contribution in [0.1, 0.15) is 38.5 Å². The van der Waals surface area contributed by atoms with Crippen molar-refractivity contribution in [1.29, 1.82) is 0 Å². The molecule has 2 rings (SSSR count). The molecule has 70 valence electrons. The van der Waals surface area contributed by atoms with Crippen LogP contribution in [0.15, 0.2) is 0 Å². The lowest BCUT2D eigenvalue weighted by Crippen LogP contribution is -2.36. The lowest BCUT2D eigenvalue weighted by atomic mass is 9.88. The monoisotopic (exact) mass is 279 g/mol. The van der Waals surface area contributed by atoms with Gasteiger partial charge < -0.3 is 5.32 Å². The van der Waals surface area contributed by atoms with Crippen LogP contribution in [-0.2, 0) is 0 Å². The van der Waals surface area contributed by atoms with Crippen LogP contribution in [0.25, 0.3) is 0 Å². The average Bonchev–Trinajstić information content (AvgIpc) is 2.47. The summed E-state index contributed by atoms with van der Waals surface area (Å²) in [6.45, 7) is 1.27. The van der Waals surface area contributed by atoms with E-state index in [1.165, 1.54) is 45.1 Å². The Labute approximate surface area is 88.8 Å². The van der Waals surface area contributed by atoms with Crippen LogP contribution in [0.2, 0.25) is 0 Å². The molecule has 3 unspecified atom stereocenters. The molecule has 0 amide bonds. The summed E-state index contributed by atoms with van der Waals surface area (Å²) in [5.41, 5.74) is 0. The number of rotatable bonds is 0. The van der Waals surface area contributed by atoms with Gasteiger partial charge in [-0.05, 0) is 31.7 Å². The Morgan fingerprint density at radius 3 is 2.75 bits per heavy atom. The van der Waals surface area contributed by atoms with Gasteiger partial charge in [-0.2, -0.15) is 0 Å². The molecule has 0 bridgehead atoms. The second-order valence-electron chi connectivity index (χ2n) is 4.18. The fraction of sp³-hybridized carbons (Fsp3) is 1.00. The molecular weight excluding hydrogens is 261 g/mol. The van der Waals surface area contributed by atoms with Gasteiger partial charge in [-0.1, -0.05) is 41.9 Å². The van der Waals surface area contributed by atoms with Crippen LogP contribution in [0.5, 0.6) is 0 Å². The Kier molecular flexibility index (Phi) is 3.29. The molecule has 0 aromatic carbocycles. The fourth-order valence-electron chi connectivity index (χ4n) is 2.63. The third-order valence-corrected chi connectivity index (χ3v) is 4.75. The molecule has 0 radical (unpaired) electrons. The third-order valence-electron chi connectivity index (χ3n) is 3.35. The fourth-order valence-corrected chi connectivity index (χ4v) is 3.91. The van der Waals surface area contributed by atoms with Gasteiger partial charge >= 0.3 is 0 Å². The lowest BCUT2D eigenvalue weighted by Gasteiger charge is -2.27. The summed E-state index contributed by atoms with van der Waals surface area (Å²) < 4.78 is 0.899. The first-order chi connectivity index (χ1) is 5.88. The summed E-state index contributed by atoms with van der Waals surface area (Å²) in [4.78, 5) is 0. The molecule has 2 aliphatic rings. The van der Waals surface area contributed by atoms with Crippen molar-refractivity contribution in [1.82, 2.24) is 5.32 Å². The highest BCUT2D eigenvalue weighted by Gasteiger charge is 2.32. The second-order valence-corrected chi connectivity index (χ2v) is 5.78. The normalized spacial score (nSPS) is 43.2. The van der Waals surface area contributed by atoms with Gasteiger partial charge in [0.2, 0.25) is 0 Å². The number of hydrogen-bond acceptors (Lipinski definition) is 1. The standard InChI is InChI=1S/C10H18IN/c11-9-5-3-1-2-4-8-6-7-12-10(8)9/h8-10,12H,1-7H2. The number of alkyl halides is 1. The van der Waals surface area contributed by atoms with Gasteiger partial charge in [0.25, 0.3) is 0 Å². The van der Waals surface area contributed by atoms with Gasteiger partial charge in [-0.3, -0.25) is 0 Å². The highest BCUT2D eigenvalue weighted by Crippen LogP contribution is 2.32. The van der Waals surface area contributed by atoms with E-state index in [0.717, 1.165) is 15.9 Å². The molecule has 1 N–H and O–H groups in total. The maximum Gasteiger partial charge on any atom is 0.0266 e. The van der Waals surface area contributed by atoms with Crippen molar-refractivity contribution >= 4 is 22.6 Å². The zero-order valence-corrected chi connectivity index (χ0v) is 9.72. The summed E-state index contributed by atoms with van der Waals surface area (Å²) >= 11 is 2.65. The minimum absolute atomic E-state index is 0.853. The van der Waals surface area contributed by atoms with Gasteiger partial charge in [0, 0.05) is 9.97 Å². The molecule has 1 saturated carbocycles. The number of hydrogen-bond donors (Lipinski definition) is 1. The van der Waals surface area contributed by atoms with E-state index in [9.17, 15) is 0 Å². The number of fused-ring (bicyclic) bond motifs is 1. The zero-order chi connectivity index (χ0) is 8.39. The van der Waals surface area contributed by atoms with Crippen molar-refractivity contribution in [2.45, 2.75) is 48.5 Å². The first-order valence-electron chi connectivity index (χ1n) is 5.25. The van der Waals surface area contributed by atoms with Gasteiger partial charge in [-0.25, -0.2) is 0 Å². The van der Waals surface area contributed by atoms with Gasteiger partial charge in [0.1, 0.15) is 0 Å². The summed E-state index contributed by atoms with van der Waals surface area (Å²) in [5, 5.41) is 3.67. The first kappa shape index (κ1) is 9.25. The van der Waals surface area contributed by atoms with E-state index in [-0.39, 0.29) is 0 Å². The van der Waals surface area contributed by atoms with Crippen molar-refractivity contribution in [2.24, 2.45) is 5.92 Å². The molecule has 1 saturated heterocycles. The van der Waals surface area contributed by atoms with E-state index >= 15 is 0 Å². The maximum absolute atomic E-state index is 3.67. The maximum atomic E-state index is 3.67. The minimum atomic E-state index is 0.853. The van der Waals surface area contributed by atoms with Crippen LogP contribution in [0, 0.1) is 5.92 Å². The average molecular weight is 279 g/mol. The zero-order valence-electron chi connectivity index (χ0n) is 7.56. The van der Waals surface area contributed by atoms with E-state index in [2.05, 4.69) is 27.9 Å². The van der Waals surface area contributed by atoms with Gasteiger partial charge in [0.15, 0.2) is 0 Å². The second kappa shape index (κ2) is 4.27. The molecule has 1 aliphatic carbocycles. The van der Waals surface area contributed by atoms with Gasteiger partial charge in [0.05, 0.1) is 0 Å². The van der Waals surface area contributed by atoms with Crippen LogP contribution in [0.3, 0.4) is 0 Å². The van der Waals surface area contributed by atoms with E-state index < -0.39 is 0 Å². The largest absolute Gasteiger partial charge is 0.313 e. The van der Waals surface area contributed by atoms with Crippen LogP contribution < -0.4 is 5.32 Å². The Morgan fingerprint density at radius 1 is 1.00 bits per heavy atom. The van der Waals surface area contributed by atoms with Crippen molar-refractivity contribution in [3.8, 4) is 0 Å². The summed E-state index contributed by atoms with van der Waals surface area (Å²) in [6, 6.07) is 0.853. The minimum Gasteiger partial charge on any atom is -0.313 e. The molecular formula is C10H18IN.